The summed E-state index contributed by atoms with van der Waals surface area (Å²) in [4.78, 5) is 14.5. The number of piperazine rings is 1. The van der Waals surface area contributed by atoms with E-state index in [-0.39, 0.29) is 36.6 Å². The third-order valence-corrected chi connectivity index (χ3v) is 8.95. The number of hydrogen-bond donors (Lipinski definition) is 2. The fourth-order valence-electron chi connectivity index (χ4n) is 4.91. The molecule has 0 aliphatic carbocycles. The Morgan fingerprint density at radius 2 is 1.92 bits per heavy atom. The van der Waals surface area contributed by atoms with Gasteiger partial charge < -0.3 is 25.0 Å². The zero-order valence-electron chi connectivity index (χ0n) is 21.5. The highest BCUT2D eigenvalue weighted by Gasteiger charge is 2.38. The number of aromatic nitrogens is 3. The monoisotopic (exact) mass is 571 g/mol. The standard InChI is InChI=1S/C24H32F3N7O4S/c1-16-14-33(10-7-28-16)21-3-2-19(12-29-21)39(35,36)34-8-4-17(5-9-34)31-23-30-13-20(24(25,26)27)22(32-23)38-18-6-11-37-15-18/h2-3,12-13,16-18,28H,4-11,14-15H2,1H3,(H,30,31,32)/t16-,18+/m1/s1. The lowest BCUT2D eigenvalue weighted by Crippen LogP contribution is -2.49. The summed E-state index contributed by atoms with van der Waals surface area (Å²) in [5, 5.41) is 6.40. The minimum Gasteiger partial charge on any atom is -0.471 e. The van der Waals surface area contributed by atoms with E-state index in [9.17, 15) is 21.6 Å². The van der Waals surface area contributed by atoms with E-state index < -0.39 is 33.7 Å². The van der Waals surface area contributed by atoms with Gasteiger partial charge >= 0.3 is 6.18 Å². The molecule has 0 unspecified atom stereocenters. The van der Waals surface area contributed by atoms with Crippen LogP contribution in [0.4, 0.5) is 24.9 Å². The Bertz CT molecular complexity index is 1240. The first-order valence-electron chi connectivity index (χ1n) is 13.0. The van der Waals surface area contributed by atoms with Gasteiger partial charge in [0.15, 0.2) is 0 Å². The van der Waals surface area contributed by atoms with Gasteiger partial charge in [-0.25, -0.2) is 18.4 Å². The molecule has 2 N–H and O–H groups in total. The Kier molecular flexibility index (Phi) is 8.12. The fraction of sp³-hybridized carbons (Fsp3) is 0.625. The van der Waals surface area contributed by atoms with E-state index in [0.717, 1.165) is 25.5 Å². The molecule has 0 saturated carbocycles. The summed E-state index contributed by atoms with van der Waals surface area (Å²) in [7, 11) is -3.73. The first-order valence-corrected chi connectivity index (χ1v) is 14.4. The number of nitrogens with one attached hydrogen (secondary N) is 2. The molecule has 39 heavy (non-hydrogen) atoms. The molecular formula is C24H32F3N7O4S. The fourth-order valence-corrected chi connectivity index (χ4v) is 6.32. The second kappa shape index (κ2) is 11.4. The number of piperidine rings is 1. The Morgan fingerprint density at radius 1 is 1.13 bits per heavy atom. The summed E-state index contributed by atoms with van der Waals surface area (Å²) in [5.74, 6) is 0.201. The average molecular weight is 572 g/mol. The van der Waals surface area contributed by atoms with Gasteiger partial charge in [-0.3, -0.25) is 0 Å². The second-order valence-corrected chi connectivity index (χ2v) is 11.9. The number of nitrogens with zero attached hydrogens (tertiary/aromatic N) is 5. The van der Waals surface area contributed by atoms with Crippen LogP contribution in [0, 0.1) is 0 Å². The summed E-state index contributed by atoms with van der Waals surface area (Å²) in [6, 6.07) is 3.43. The number of sulfonamides is 1. The molecule has 2 aromatic rings. The first kappa shape index (κ1) is 27.8. The minimum atomic E-state index is -4.66. The van der Waals surface area contributed by atoms with Gasteiger partial charge in [-0.2, -0.15) is 22.5 Å². The Hall–Kier alpha value is -2.75. The highest BCUT2D eigenvalue weighted by molar-refractivity contribution is 7.89. The highest BCUT2D eigenvalue weighted by Crippen LogP contribution is 2.36. The van der Waals surface area contributed by atoms with Crippen molar-refractivity contribution in [1.82, 2.24) is 24.6 Å². The molecule has 15 heteroatoms. The number of ether oxygens (including phenoxy) is 2. The maximum absolute atomic E-state index is 13.5. The van der Waals surface area contributed by atoms with Crippen LogP contribution in [0.5, 0.6) is 5.88 Å². The van der Waals surface area contributed by atoms with Crippen LogP contribution >= 0.6 is 0 Å². The second-order valence-electron chi connectivity index (χ2n) is 9.99. The lowest BCUT2D eigenvalue weighted by atomic mass is 10.1. The summed E-state index contributed by atoms with van der Waals surface area (Å²) < 4.78 is 78.9. The van der Waals surface area contributed by atoms with Gasteiger partial charge in [0.1, 0.15) is 22.4 Å². The van der Waals surface area contributed by atoms with E-state index >= 15 is 0 Å². The van der Waals surface area contributed by atoms with E-state index in [1.807, 2.05) is 0 Å². The highest BCUT2D eigenvalue weighted by atomic mass is 32.2. The Balaban J connectivity index is 1.20. The van der Waals surface area contributed by atoms with E-state index in [2.05, 4.69) is 37.4 Å². The van der Waals surface area contributed by atoms with Gasteiger partial charge in [0.25, 0.3) is 0 Å². The summed E-state index contributed by atoms with van der Waals surface area (Å²) in [5.41, 5.74) is -1.05. The van der Waals surface area contributed by atoms with E-state index in [4.69, 9.17) is 9.47 Å². The molecule has 5 heterocycles. The molecule has 3 aliphatic heterocycles. The lowest BCUT2D eigenvalue weighted by molar-refractivity contribution is -0.139. The third-order valence-electron chi connectivity index (χ3n) is 7.06. The van der Waals surface area contributed by atoms with E-state index in [0.29, 0.717) is 38.1 Å². The quantitative estimate of drug-likeness (QED) is 0.511. The molecule has 3 fully saturated rings. The zero-order chi connectivity index (χ0) is 27.6. The SMILES string of the molecule is C[C@@H]1CN(c2ccc(S(=O)(=O)N3CCC(Nc4ncc(C(F)(F)F)c(O[C@H]5CCOC5)n4)CC3)cn2)CCN1. The summed E-state index contributed by atoms with van der Waals surface area (Å²) >= 11 is 0. The lowest BCUT2D eigenvalue weighted by Gasteiger charge is -2.33. The number of hydrogen-bond acceptors (Lipinski definition) is 10. The van der Waals surface area contributed by atoms with Crippen molar-refractivity contribution >= 4 is 21.8 Å². The van der Waals surface area contributed by atoms with Gasteiger partial charge in [-0.05, 0) is 31.9 Å². The van der Waals surface area contributed by atoms with Crippen molar-refractivity contribution in [2.45, 2.75) is 55.4 Å². The molecular weight excluding hydrogens is 539 g/mol. The number of rotatable bonds is 7. The van der Waals surface area contributed by atoms with Crippen molar-refractivity contribution < 1.29 is 31.1 Å². The van der Waals surface area contributed by atoms with Crippen LogP contribution in [0.3, 0.4) is 0 Å². The van der Waals surface area contributed by atoms with Gasteiger partial charge in [-0.1, -0.05) is 0 Å². The van der Waals surface area contributed by atoms with Gasteiger partial charge in [0, 0.05) is 63.6 Å². The van der Waals surface area contributed by atoms with Crippen molar-refractivity contribution in [3.8, 4) is 5.88 Å². The smallest absolute Gasteiger partial charge is 0.423 e. The van der Waals surface area contributed by atoms with Crippen LogP contribution in [-0.2, 0) is 20.9 Å². The molecule has 0 radical (unpaired) electrons. The van der Waals surface area contributed by atoms with Gasteiger partial charge in [0.05, 0.1) is 13.2 Å². The Labute approximate surface area is 225 Å². The molecule has 0 spiro atoms. The van der Waals surface area contributed by atoms with Crippen molar-refractivity contribution in [2.75, 3.05) is 56.2 Å². The summed E-state index contributed by atoms with van der Waals surface area (Å²) in [6.45, 7) is 5.61. The number of anilines is 2. The van der Waals surface area contributed by atoms with Crippen LogP contribution in [0.1, 0.15) is 31.7 Å². The average Bonchev–Trinajstić information content (AvgIpc) is 3.42. The Morgan fingerprint density at radius 3 is 2.56 bits per heavy atom. The minimum absolute atomic E-state index is 0.000224. The number of halogens is 3. The third kappa shape index (κ3) is 6.53. The molecule has 214 valence electrons. The van der Waals surface area contributed by atoms with Crippen molar-refractivity contribution in [1.29, 1.82) is 0 Å². The molecule has 0 amide bonds. The molecule has 5 rings (SSSR count). The largest absolute Gasteiger partial charge is 0.471 e. The molecule has 11 nitrogen and oxygen atoms in total. The molecule has 2 aromatic heterocycles. The molecule has 3 aliphatic rings. The number of pyridine rings is 1. The van der Waals surface area contributed by atoms with Crippen molar-refractivity contribution in [3.63, 3.8) is 0 Å². The molecule has 3 saturated heterocycles. The van der Waals surface area contributed by atoms with Gasteiger partial charge in [-0.15, -0.1) is 0 Å². The van der Waals surface area contributed by atoms with Crippen LogP contribution in [0.15, 0.2) is 29.4 Å². The topological polar surface area (TPSA) is 122 Å². The first-order chi connectivity index (χ1) is 18.6. The van der Waals surface area contributed by atoms with E-state index in [1.165, 1.54) is 10.5 Å². The van der Waals surface area contributed by atoms with Crippen LogP contribution < -0.4 is 20.3 Å². The summed E-state index contributed by atoms with van der Waals surface area (Å²) in [6.07, 6.45) is -1.73. The van der Waals surface area contributed by atoms with Gasteiger partial charge in [0.2, 0.25) is 21.9 Å². The van der Waals surface area contributed by atoms with E-state index in [1.54, 1.807) is 12.1 Å². The maximum atomic E-state index is 13.5. The molecule has 2 atom stereocenters. The van der Waals surface area contributed by atoms with Crippen LogP contribution in [0.2, 0.25) is 0 Å². The predicted molar refractivity (Wildman–Crippen MR) is 136 cm³/mol. The molecule has 0 bridgehead atoms. The molecule has 0 aromatic carbocycles. The van der Waals surface area contributed by atoms with Crippen molar-refractivity contribution in [3.05, 3.63) is 30.1 Å². The number of alkyl halides is 3. The van der Waals surface area contributed by atoms with Crippen molar-refractivity contribution in [2.24, 2.45) is 0 Å². The zero-order valence-corrected chi connectivity index (χ0v) is 22.3. The van der Waals surface area contributed by atoms with Crippen LogP contribution in [0.25, 0.3) is 0 Å². The maximum Gasteiger partial charge on any atom is 0.423 e. The predicted octanol–water partition coefficient (Wildman–Crippen LogP) is 2.12. The van der Waals surface area contributed by atoms with Crippen LogP contribution in [-0.4, -0.2) is 91.8 Å². The normalized spacial score (nSPS) is 23.6.